The van der Waals surface area contributed by atoms with Gasteiger partial charge in [-0.25, -0.2) is 0 Å². The van der Waals surface area contributed by atoms with E-state index in [4.69, 9.17) is 9.47 Å². The van der Waals surface area contributed by atoms with Crippen LogP contribution in [0.3, 0.4) is 0 Å². The van der Waals surface area contributed by atoms with Gasteiger partial charge in [-0.15, -0.1) is 0 Å². The summed E-state index contributed by atoms with van der Waals surface area (Å²) in [6.07, 6.45) is 6.57. The van der Waals surface area contributed by atoms with Crippen molar-refractivity contribution in [2.45, 2.75) is 46.1 Å². The predicted molar refractivity (Wildman–Crippen MR) is 148 cm³/mol. The molecule has 192 valence electrons. The fourth-order valence-electron chi connectivity index (χ4n) is 4.97. The second-order valence-electron chi connectivity index (χ2n) is 9.87. The van der Waals surface area contributed by atoms with E-state index < -0.39 is 0 Å². The summed E-state index contributed by atoms with van der Waals surface area (Å²) in [7, 11) is 2.13. The molecule has 1 aromatic heterocycles. The Morgan fingerprint density at radius 2 is 1.44 bits per heavy atom. The molecule has 36 heavy (non-hydrogen) atoms. The highest BCUT2D eigenvalue weighted by molar-refractivity contribution is 5.74. The lowest BCUT2D eigenvalue weighted by molar-refractivity contribution is 0.256. The van der Waals surface area contributed by atoms with Gasteiger partial charge < -0.3 is 19.3 Å². The van der Waals surface area contributed by atoms with Gasteiger partial charge in [0.25, 0.3) is 0 Å². The van der Waals surface area contributed by atoms with Crippen LogP contribution in [0.5, 0.6) is 11.5 Å². The first-order chi connectivity index (χ1) is 17.6. The van der Waals surface area contributed by atoms with Crippen molar-refractivity contribution in [2.24, 2.45) is 0 Å². The van der Waals surface area contributed by atoms with Gasteiger partial charge in [0.2, 0.25) is 0 Å². The minimum atomic E-state index is 0.690. The first kappa shape index (κ1) is 26.2. The number of likely N-dealkylation sites (tertiary alicyclic amines) is 1. The third-order valence-electron chi connectivity index (χ3n) is 7.03. The predicted octanol–water partition coefficient (Wildman–Crippen LogP) is 6.13. The standard InChI is InChI=1S/C31H41N3O2/c1-25-28(29-14-9-16-31(26(29)2)36-23-11-21-34-19-6-7-20-34)13-8-15-30(25)35-22-10-18-33(3)24-27-12-4-5-17-32-27/h4-5,8-9,12-17H,6-7,10-11,18-24H2,1-3H3. The summed E-state index contributed by atoms with van der Waals surface area (Å²) in [5, 5.41) is 0. The fourth-order valence-corrected chi connectivity index (χ4v) is 4.97. The SMILES string of the molecule is Cc1c(OCCCN(C)Cc2ccccn2)cccc1-c1cccc(OCCCN2CCCC2)c1C. The van der Waals surface area contributed by atoms with Gasteiger partial charge >= 0.3 is 0 Å². The number of hydrogen-bond acceptors (Lipinski definition) is 5. The lowest BCUT2D eigenvalue weighted by Crippen LogP contribution is -2.22. The quantitative estimate of drug-likeness (QED) is 0.271. The molecular weight excluding hydrogens is 446 g/mol. The van der Waals surface area contributed by atoms with Gasteiger partial charge in [-0.05, 0) is 106 Å². The van der Waals surface area contributed by atoms with Gasteiger partial charge in [-0.1, -0.05) is 30.3 Å². The van der Waals surface area contributed by atoms with E-state index in [0.717, 1.165) is 56.3 Å². The molecule has 0 saturated carbocycles. The summed E-state index contributed by atoms with van der Waals surface area (Å²) in [4.78, 5) is 9.24. The summed E-state index contributed by atoms with van der Waals surface area (Å²) in [5.41, 5.74) is 5.88. The van der Waals surface area contributed by atoms with Crippen LogP contribution in [0.2, 0.25) is 0 Å². The lowest BCUT2D eigenvalue weighted by Gasteiger charge is -2.18. The second-order valence-corrected chi connectivity index (χ2v) is 9.87. The number of aromatic nitrogens is 1. The first-order valence-electron chi connectivity index (χ1n) is 13.4. The number of rotatable bonds is 13. The zero-order chi connectivity index (χ0) is 25.2. The topological polar surface area (TPSA) is 37.8 Å². The number of benzene rings is 2. The molecule has 0 unspecified atom stereocenters. The van der Waals surface area contributed by atoms with Crippen LogP contribution in [0.1, 0.15) is 42.5 Å². The van der Waals surface area contributed by atoms with Crippen molar-refractivity contribution >= 4 is 0 Å². The van der Waals surface area contributed by atoms with Crippen molar-refractivity contribution in [3.8, 4) is 22.6 Å². The summed E-state index contributed by atoms with van der Waals surface area (Å²) in [5.74, 6) is 1.94. The molecule has 5 nitrogen and oxygen atoms in total. The highest BCUT2D eigenvalue weighted by atomic mass is 16.5. The zero-order valence-corrected chi connectivity index (χ0v) is 22.2. The van der Waals surface area contributed by atoms with Gasteiger partial charge in [0, 0.05) is 25.8 Å². The van der Waals surface area contributed by atoms with Crippen LogP contribution in [-0.4, -0.2) is 61.2 Å². The average molecular weight is 488 g/mol. The van der Waals surface area contributed by atoms with Crippen molar-refractivity contribution in [2.75, 3.05) is 46.4 Å². The van der Waals surface area contributed by atoms with Crippen molar-refractivity contribution in [1.29, 1.82) is 0 Å². The van der Waals surface area contributed by atoms with Crippen LogP contribution in [0.4, 0.5) is 0 Å². The molecule has 1 saturated heterocycles. The van der Waals surface area contributed by atoms with Crippen LogP contribution in [0.25, 0.3) is 11.1 Å². The Labute approximate surface area is 217 Å². The minimum absolute atomic E-state index is 0.690. The smallest absolute Gasteiger partial charge is 0.122 e. The summed E-state index contributed by atoms with van der Waals surface area (Å²) in [6, 6.07) is 18.8. The average Bonchev–Trinajstić information content (AvgIpc) is 3.41. The molecule has 0 N–H and O–H groups in total. The molecule has 2 heterocycles. The zero-order valence-electron chi connectivity index (χ0n) is 22.2. The van der Waals surface area contributed by atoms with E-state index in [1.54, 1.807) is 0 Å². The van der Waals surface area contributed by atoms with Crippen molar-refractivity contribution in [1.82, 2.24) is 14.8 Å². The monoisotopic (exact) mass is 487 g/mol. The van der Waals surface area contributed by atoms with Crippen molar-refractivity contribution in [3.05, 3.63) is 77.6 Å². The maximum absolute atomic E-state index is 6.22. The minimum Gasteiger partial charge on any atom is -0.493 e. The van der Waals surface area contributed by atoms with Crippen LogP contribution in [-0.2, 0) is 6.54 Å². The van der Waals surface area contributed by atoms with Crippen molar-refractivity contribution in [3.63, 3.8) is 0 Å². The van der Waals surface area contributed by atoms with Crippen molar-refractivity contribution < 1.29 is 9.47 Å². The third-order valence-corrected chi connectivity index (χ3v) is 7.03. The summed E-state index contributed by atoms with van der Waals surface area (Å²) < 4.78 is 12.4. The van der Waals surface area contributed by atoms with E-state index in [1.165, 1.54) is 48.2 Å². The Balaban J connectivity index is 1.30. The Kier molecular flexibility index (Phi) is 9.76. The lowest BCUT2D eigenvalue weighted by atomic mass is 9.95. The molecule has 0 amide bonds. The maximum Gasteiger partial charge on any atom is 0.122 e. The maximum atomic E-state index is 6.22. The van der Waals surface area contributed by atoms with Gasteiger partial charge in [-0.3, -0.25) is 4.98 Å². The Morgan fingerprint density at radius 1 is 0.806 bits per heavy atom. The summed E-state index contributed by atoms with van der Waals surface area (Å²) in [6.45, 7) is 11.2. The Hall–Kier alpha value is -2.89. The molecule has 0 aliphatic carbocycles. The molecule has 3 aromatic rings. The van der Waals surface area contributed by atoms with Gasteiger partial charge in [0.1, 0.15) is 11.5 Å². The van der Waals surface area contributed by atoms with E-state index >= 15 is 0 Å². The highest BCUT2D eigenvalue weighted by Crippen LogP contribution is 2.35. The second kappa shape index (κ2) is 13.4. The highest BCUT2D eigenvalue weighted by Gasteiger charge is 2.14. The van der Waals surface area contributed by atoms with Crippen LogP contribution in [0, 0.1) is 13.8 Å². The molecule has 4 rings (SSSR count). The largest absolute Gasteiger partial charge is 0.493 e. The van der Waals surface area contributed by atoms with Crippen LogP contribution in [0.15, 0.2) is 60.8 Å². The molecular formula is C31H41N3O2. The van der Waals surface area contributed by atoms with Gasteiger partial charge in [-0.2, -0.15) is 0 Å². The first-order valence-corrected chi connectivity index (χ1v) is 13.4. The van der Waals surface area contributed by atoms with E-state index in [1.807, 2.05) is 18.3 Å². The number of ether oxygens (including phenoxy) is 2. The molecule has 2 aromatic carbocycles. The van der Waals surface area contributed by atoms with Gasteiger partial charge in [0.15, 0.2) is 0 Å². The van der Waals surface area contributed by atoms with Crippen LogP contribution < -0.4 is 9.47 Å². The van der Waals surface area contributed by atoms with Crippen LogP contribution >= 0.6 is 0 Å². The molecule has 5 heteroatoms. The molecule has 0 bridgehead atoms. The fraction of sp³-hybridized carbons (Fsp3) is 0.452. The van der Waals surface area contributed by atoms with Gasteiger partial charge in [0.05, 0.1) is 18.9 Å². The molecule has 0 spiro atoms. The Bertz CT molecular complexity index is 1080. The van der Waals surface area contributed by atoms with E-state index in [0.29, 0.717) is 6.61 Å². The number of hydrogen-bond donors (Lipinski definition) is 0. The third kappa shape index (κ3) is 7.31. The summed E-state index contributed by atoms with van der Waals surface area (Å²) >= 11 is 0. The Morgan fingerprint density at radius 3 is 2.06 bits per heavy atom. The molecule has 1 aliphatic heterocycles. The molecule has 1 aliphatic rings. The normalized spacial score (nSPS) is 13.9. The number of nitrogens with zero attached hydrogens (tertiary/aromatic N) is 3. The van der Waals surface area contributed by atoms with E-state index in [2.05, 4.69) is 78.1 Å². The van der Waals surface area contributed by atoms with E-state index in [-0.39, 0.29) is 0 Å². The van der Waals surface area contributed by atoms with E-state index in [9.17, 15) is 0 Å². The molecule has 0 atom stereocenters. The molecule has 0 radical (unpaired) electrons. The number of pyridine rings is 1. The molecule has 1 fully saturated rings.